The van der Waals surface area contributed by atoms with Crippen LogP contribution < -0.4 is 0 Å². The smallest absolute Gasteiger partial charge is 0.356 e. The van der Waals surface area contributed by atoms with Crippen LogP contribution in [0.25, 0.3) is 11.4 Å². The highest BCUT2D eigenvalue weighted by molar-refractivity contribution is 6.38. The molecule has 0 saturated heterocycles. The van der Waals surface area contributed by atoms with Gasteiger partial charge >= 0.3 is 5.97 Å². The average molecular weight is 283 g/mol. The molecule has 0 saturated carbocycles. The van der Waals surface area contributed by atoms with Gasteiger partial charge < -0.3 is 4.74 Å². The summed E-state index contributed by atoms with van der Waals surface area (Å²) in [4.78, 5) is 19.5. The fourth-order valence-corrected chi connectivity index (χ4v) is 1.98. The van der Waals surface area contributed by atoms with E-state index in [-0.39, 0.29) is 11.5 Å². The van der Waals surface area contributed by atoms with Crippen LogP contribution in [-0.4, -0.2) is 23.0 Å². The summed E-state index contributed by atoms with van der Waals surface area (Å²) in [6, 6.07) is 6.53. The second-order valence-electron chi connectivity index (χ2n) is 3.35. The monoisotopic (exact) mass is 282 g/mol. The molecular formula is C12H8Cl2N2O2. The molecule has 0 bridgehead atoms. The van der Waals surface area contributed by atoms with Gasteiger partial charge in [-0.05, 0) is 18.2 Å². The van der Waals surface area contributed by atoms with Crippen molar-refractivity contribution in [3.8, 4) is 11.4 Å². The van der Waals surface area contributed by atoms with E-state index in [4.69, 9.17) is 23.2 Å². The first-order chi connectivity index (χ1) is 8.63. The lowest BCUT2D eigenvalue weighted by Gasteiger charge is -2.06. The topological polar surface area (TPSA) is 52.1 Å². The van der Waals surface area contributed by atoms with E-state index in [0.29, 0.717) is 15.6 Å². The molecule has 4 nitrogen and oxygen atoms in total. The fourth-order valence-electron chi connectivity index (χ4n) is 1.41. The van der Waals surface area contributed by atoms with Crippen molar-refractivity contribution in [3.63, 3.8) is 0 Å². The minimum absolute atomic E-state index is 0.151. The summed E-state index contributed by atoms with van der Waals surface area (Å²) >= 11 is 12.1. The first-order valence-corrected chi connectivity index (χ1v) is 5.75. The van der Waals surface area contributed by atoms with Crippen molar-refractivity contribution in [2.45, 2.75) is 0 Å². The van der Waals surface area contributed by atoms with Gasteiger partial charge in [0.2, 0.25) is 0 Å². The molecule has 0 unspecified atom stereocenters. The maximum Gasteiger partial charge on any atom is 0.356 e. The molecule has 0 aliphatic heterocycles. The van der Waals surface area contributed by atoms with Crippen molar-refractivity contribution in [1.82, 2.24) is 9.97 Å². The number of esters is 1. The number of nitrogens with zero attached hydrogens (tertiary/aromatic N) is 2. The average Bonchev–Trinajstić information content (AvgIpc) is 2.38. The molecule has 1 aromatic carbocycles. The quantitative estimate of drug-likeness (QED) is 0.794. The lowest BCUT2D eigenvalue weighted by Crippen LogP contribution is -2.05. The van der Waals surface area contributed by atoms with Gasteiger partial charge in [-0.15, -0.1) is 0 Å². The number of carbonyl (C=O) groups is 1. The van der Waals surface area contributed by atoms with Gasteiger partial charge in [-0.2, -0.15) is 0 Å². The van der Waals surface area contributed by atoms with Crippen LogP contribution in [0.15, 0.2) is 30.5 Å². The van der Waals surface area contributed by atoms with Gasteiger partial charge in [-0.25, -0.2) is 14.8 Å². The van der Waals surface area contributed by atoms with E-state index in [1.54, 1.807) is 18.2 Å². The summed E-state index contributed by atoms with van der Waals surface area (Å²) < 4.78 is 4.59. The van der Waals surface area contributed by atoms with Crippen molar-refractivity contribution < 1.29 is 9.53 Å². The summed E-state index contributed by atoms with van der Waals surface area (Å²) in [7, 11) is 1.28. The highest BCUT2D eigenvalue weighted by Crippen LogP contribution is 2.32. The molecule has 0 N–H and O–H groups in total. The molecule has 2 rings (SSSR count). The van der Waals surface area contributed by atoms with Crippen LogP contribution in [0, 0.1) is 0 Å². The van der Waals surface area contributed by atoms with E-state index in [0.717, 1.165) is 0 Å². The minimum atomic E-state index is -0.540. The van der Waals surface area contributed by atoms with Crippen LogP contribution in [-0.2, 0) is 4.74 Å². The molecule has 18 heavy (non-hydrogen) atoms. The van der Waals surface area contributed by atoms with E-state index in [1.165, 1.54) is 19.4 Å². The Morgan fingerprint density at radius 1 is 1.22 bits per heavy atom. The Balaban J connectivity index is 2.55. The fraction of sp³-hybridized carbons (Fsp3) is 0.0833. The van der Waals surface area contributed by atoms with Crippen molar-refractivity contribution >= 4 is 29.2 Å². The predicted octanol–water partition coefficient (Wildman–Crippen LogP) is 3.24. The van der Waals surface area contributed by atoms with E-state index < -0.39 is 5.97 Å². The molecule has 6 heteroatoms. The Morgan fingerprint density at radius 3 is 2.50 bits per heavy atom. The molecule has 0 radical (unpaired) electrons. The van der Waals surface area contributed by atoms with Crippen molar-refractivity contribution in [3.05, 3.63) is 46.2 Å². The summed E-state index contributed by atoms with van der Waals surface area (Å²) in [6.07, 6.45) is 1.45. The molecule has 0 amide bonds. The standard InChI is InChI=1S/C12H8Cl2N2O2/c1-18-12(17)9-5-6-15-11(16-9)10-7(13)3-2-4-8(10)14/h2-6H,1H3. The molecule has 0 fully saturated rings. The Bertz CT molecular complexity index is 582. The number of rotatable bonds is 2. The number of hydrogen-bond acceptors (Lipinski definition) is 4. The van der Waals surface area contributed by atoms with Crippen molar-refractivity contribution in [1.29, 1.82) is 0 Å². The molecule has 1 aromatic heterocycles. The number of methoxy groups -OCH3 is 1. The SMILES string of the molecule is COC(=O)c1ccnc(-c2c(Cl)cccc2Cl)n1. The number of carbonyl (C=O) groups excluding carboxylic acids is 1. The predicted molar refractivity (Wildman–Crippen MR) is 68.8 cm³/mol. The van der Waals surface area contributed by atoms with Crippen LogP contribution in [0.1, 0.15) is 10.5 Å². The van der Waals surface area contributed by atoms with Gasteiger partial charge in [-0.1, -0.05) is 29.3 Å². The third-order valence-electron chi connectivity index (χ3n) is 2.24. The van der Waals surface area contributed by atoms with Crippen molar-refractivity contribution in [2.24, 2.45) is 0 Å². The maximum atomic E-state index is 11.4. The lowest BCUT2D eigenvalue weighted by molar-refractivity contribution is 0.0594. The van der Waals surface area contributed by atoms with Gasteiger partial charge in [0.15, 0.2) is 11.5 Å². The minimum Gasteiger partial charge on any atom is -0.464 e. The Labute approximate surface area is 114 Å². The number of ether oxygens (including phenoxy) is 1. The maximum absolute atomic E-state index is 11.4. The molecule has 92 valence electrons. The van der Waals surface area contributed by atoms with Crippen LogP contribution >= 0.6 is 23.2 Å². The first kappa shape index (κ1) is 12.8. The molecule has 1 heterocycles. The molecule has 0 atom stereocenters. The third-order valence-corrected chi connectivity index (χ3v) is 2.87. The van der Waals surface area contributed by atoms with Gasteiger partial charge in [0.1, 0.15) is 0 Å². The van der Waals surface area contributed by atoms with E-state index >= 15 is 0 Å². The molecule has 2 aromatic rings. The number of benzene rings is 1. The zero-order chi connectivity index (χ0) is 13.1. The van der Waals surface area contributed by atoms with Crippen LogP contribution in [0.5, 0.6) is 0 Å². The third kappa shape index (κ3) is 2.44. The second kappa shape index (κ2) is 5.33. The highest BCUT2D eigenvalue weighted by Gasteiger charge is 2.14. The number of hydrogen-bond donors (Lipinski definition) is 0. The van der Waals surface area contributed by atoms with Crippen LogP contribution in [0.4, 0.5) is 0 Å². The largest absolute Gasteiger partial charge is 0.464 e. The number of aromatic nitrogens is 2. The normalized spacial score (nSPS) is 10.2. The second-order valence-corrected chi connectivity index (χ2v) is 4.17. The zero-order valence-corrected chi connectivity index (χ0v) is 10.9. The summed E-state index contributed by atoms with van der Waals surface area (Å²) in [5.41, 5.74) is 0.644. The molecule has 0 spiro atoms. The zero-order valence-electron chi connectivity index (χ0n) is 9.35. The van der Waals surface area contributed by atoms with Gasteiger partial charge in [0.05, 0.1) is 22.7 Å². The van der Waals surface area contributed by atoms with Crippen molar-refractivity contribution in [2.75, 3.05) is 7.11 Å². The van der Waals surface area contributed by atoms with E-state index in [1.807, 2.05) is 0 Å². The Kier molecular flexibility index (Phi) is 3.79. The molecular weight excluding hydrogens is 275 g/mol. The van der Waals surface area contributed by atoms with Crippen LogP contribution in [0.3, 0.4) is 0 Å². The Morgan fingerprint density at radius 2 is 1.89 bits per heavy atom. The van der Waals surface area contributed by atoms with E-state index in [9.17, 15) is 4.79 Å². The summed E-state index contributed by atoms with van der Waals surface area (Å²) in [6.45, 7) is 0. The highest BCUT2D eigenvalue weighted by atomic mass is 35.5. The van der Waals surface area contributed by atoms with Gasteiger partial charge in [0.25, 0.3) is 0 Å². The summed E-state index contributed by atoms with van der Waals surface area (Å²) in [5, 5.41) is 0.842. The summed E-state index contributed by atoms with van der Waals surface area (Å²) in [5.74, 6) is -0.254. The molecule has 0 aliphatic rings. The number of halogens is 2. The first-order valence-electron chi connectivity index (χ1n) is 4.99. The van der Waals surface area contributed by atoms with Gasteiger partial charge in [-0.3, -0.25) is 0 Å². The lowest BCUT2D eigenvalue weighted by atomic mass is 10.2. The molecule has 0 aliphatic carbocycles. The van der Waals surface area contributed by atoms with E-state index in [2.05, 4.69) is 14.7 Å². The van der Waals surface area contributed by atoms with Gasteiger partial charge in [0, 0.05) is 6.20 Å². The Hall–Kier alpha value is -1.65. The van der Waals surface area contributed by atoms with Crippen LogP contribution in [0.2, 0.25) is 10.0 Å².